The molecule has 1 aromatic rings. The van der Waals surface area contributed by atoms with E-state index >= 15 is 0 Å². The van der Waals surface area contributed by atoms with E-state index in [4.69, 9.17) is 16.9 Å². The largest absolute Gasteiger partial charge is 0.279 e. The number of nitrogens with zero attached hydrogens (tertiary/aromatic N) is 4. The van der Waals surface area contributed by atoms with Gasteiger partial charge in [-0.1, -0.05) is 11.6 Å². The van der Waals surface area contributed by atoms with Crippen molar-refractivity contribution in [2.45, 2.75) is 0 Å². The summed E-state index contributed by atoms with van der Waals surface area (Å²) in [6.45, 7) is 0.911. The number of amidine groups is 1. The van der Waals surface area contributed by atoms with Crippen LogP contribution in [-0.4, -0.2) is 29.5 Å². The van der Waals surface area contributed by atoms with Gasteiger partial charge in [-0.25, -0.2) is 9.47 Å². The summed E-state index contributed by atoms with van der Waals surface area (Å²) in [6, 6.07) is 3.68. The van der Waals surface area contributed by atoms with E-state index in [0.29, 0.717) is 9.64 Å². The summed E-state index contributed by atoms with van der Waals surface area (Å²) in [4.78, 5) is 7.94. The quantitative estimate of drug-likeness (QED) is 0.438. The van der Waals surface area contributed by atoms with Crippen LogP contribution in [0, 0.1) is 11.5 Å². The first-order valence-corrected chi connectivity index (χ1v) is 6.11. The van der Waals surface area contributed by atoms with Crippen LogP contribution in [-0.2, 0) is 0 Å². The number of hydrogen-bond acceptors (Lipinski definition) is 4. The fourth-order valence-corrected chi connectivity index (χ4v) is 2.98. The van der Waals surface area contributed by atoms with Crippen molar-refractivity contribution in [2.24, 2.45) is 4.99 Å². The first-order valence-electron chi connectivity index (χ1n) is 4.74. The lowest BCUT2D eigenvalue weighted by atomic mass is 10.3. The number of pyridine rings is 1. The second-order valence-corrected chi connectivity index (χ2v) is 5.05. The number of aliphatic imine (C=N–C) groups is 1. The molecule has 1 aliphatic heterocycles. The number of halogens is 1. The molecule has 1 aromatic heterocycles. The van der Waals surface area contributed by atoms with Crippen LogP contribution in [0.4, 0.5) is 5.69 Å². The van der Waals surface area contributed by atoms with E-state index in [-0.39, 0.29) is 0 Å². The van der Waals surface area contributed by atoms with Crippen LogP contribution < -0.4 is 4.48 Å². The van der Waals surface area contributed by atoms with E-state index in [1.165, 1.54) is 0 Å². The Balaban J connectivity index is 2.42. The first-order chi connectivity index (χ1) is 7.66. The molecule has 1 saturated heterocycles. The van der Waals surface area contributed by atoms with Gasteiger partial charge in [0.2, 0.25) is 6.19 Å². The highest BCUT2D eigenvalue weighted by Gasteiger charge is 2.38. The van der Waals surface area contributed by atoms with Gasteiger partial charge >= 0.3 is 0 Å². The van der Waals surface area contributed by atoms with Crippen molar-refractivity contribution in [3.63, 3.8) is 0 Å². The topological polar surface area (TPSA) is 49.0 Å². The maximum atomic E-state index is 8.65. The van der Waals surface area contributed by atoms with Crippen LogP contribution in [0.15, 0.2) is 23.3 Å². The fraction of sp³-hybridized carbons (Fsp3) is 0.300. The van der Waals surface area contributed by atoms with E-state index in [0.717, 1.165) is 23.2 Å². The van der Waals surface area contributed by atoms with Crippen molar-refractivity contribution < 1.29 is 0 Å². The van der Waals surface area contributed by atoms with E-state index in [1.54, 1.807) is 24.0 Å². The molecule has 0 saturated carbocycles. The van der Waals surface area contributed by atoms with Gasteiger partial charge in [-0.05, 0) is 17.8 Å². The third-order valence-corrected chi connectivity index (χ3v) is 3.98. The molecule has 4 nitrogen and oxygen atoms in total. The zero-order valence-electron chi connectivity index (χ0n) is 8.72. The number of quaternary nitrogens is 1. The first kappa shape index (κ1) is 11.4. The van der Waals surface area contributed by atoms with Crippen molar-refractivity contribution in [2.75, 3.05) is 19.3 Å². The van der Waals surface area contributed by atoms with Gasteiger partial charge in [0.05, 0.1) is 25.5 Å². The molecule has 6 heteroatoms. The normalized spacial score (nSPS) is 26.9. The minimum atomic E-state index is 0.473. The molecular formula is C10H10ClN4S+. The van der Waals surface area contributed by atoms with Crippen molar-refractivity contribution in [1.29, 1.82) is 5.26 Å². The summed E-state index contributed by atoms with van der Waals surface area (Å²) < 4.78 is 0.530. The fourth-order valence-electron chi connectivity index (χ4n) is 1.64. The van der Waals surface area contributed by atoms with Crippen LogP contribution in [0.2, 0.25) is 5.15 Å². The monoisotopic (exact) mass is 253 g/mol. The molecule has 1 fully saturated rings. The third-order valence-electron chi connectivity index (χ3n) is 2.62. The van der Waals surface area contributed by atoms with E-state index in [1.807, 2.05) is 19.3 Å². The summed E-state index contributed by atoms with van der Waals surface area (Å²) in [6.07, 6.45) is 3.59. The predicted molar refractivity (Wildman–Crippen MR) is 67.3 cm³/mol. The van der Waals surface area contributed by atoms with Gasteiger partial charge in [-0.2, -0.15) is 5.26 Å². The minimum Gasteiger partial charge on any atom is -0.238 e. The number of rotatable bonds is 1. The highest BCUT2D eigenvalue weighted by molar-refractivity contribution is 8.14. The maximum Gasteiger partial charge on any atom is 0.279 e. The Bertz CT molecular complexity index is 465. The summed E-state index contributed by atoms with van der Waals surface area (Å²) in [5, 5.41) is 9.94. The molecule has 0 bridgehead atoms. The zero-order chi connectivity index (χ0) is 11.6. The Hall–Kier alpha value is -1.09. The highest BCUT2D eigenvalue weighted by Crippen LogP contribution is 2.31. The molecule has 1 atom stereocenters. The third kappa shape index (κ3) is 1.92. The van der Waals surface area contributed by atoms with Crippen molar-refractivity contribution in [1.82, 2.24) is 9.47 Å². The number of hydrogen-bond donors (Lipinski definition) is 0. The summed E-state index contributed by atoms with van der Waals surface area (Å²) in [5.41, 5.74) is 1.00. The Morgan fingerprint density at radius 2 is 2.44 bits per heavy atom. The lowest BCUT2D eigenvalue weighted by Gasteiger charge is -2.26. The molecular weight excluding hydrogens is 244 g/mol. The standard InChI is InChI=1S/C10H10ClN4S/c1-15(4-5-16-10(15)14-7-12)8-2-3-9(11)13-6-8/h2-3,6H,4-5H2,1H3/q+1. The molecule has 1 aliphatic rings. The molecule has 0 radical (unpaired) electrons. The van der Waals surface area contributed by atoms with Crippen LogP contribution in [0.3, 0.4) is 0 Å². The predicted octanol–water partition coefficient (Wildman–Crippen LogP) is 2.26. The van der Waals surface area contributed by atoms with Gasteiger partial charge in [0.15, 0.2) is 5.69 Å². The SMILES string of the molecule is C[N+]1(c2ccc(Cl)nc2)CCSC1=NC#N. The van der Waals surface area contributed by atoms with Crippen molar-refractivity contribution in [3.8, 4) is 6.19 Å². The number of aromatic nitrogens is 1. The van der Waals surface area contributed by atoms with Gasteiger partial charge in [0, 0.05) is 6.07 Å². The molecule has 0 N–H and O–H groups in total. The minimum absolute atomic E-state index is 0.473. The Labute approximate surface area is 103 Å². The molecule has 16 heavy (non-hydrogen) atoms. The zero-order valence-corrected chi connectivity index (χ0v) is 10.3. The average molecular weight is 254 g/mol. The van der Waals surface area contributed by atoms with Crippen molar-refractivity contribution >= 4 is 34.2 Å². The van der Waals surface area contributed by atoms with Gasteiger partial charge in [-0.3, -0.25) is 0 Å². The molecule has 2 heterocycles. The van der Waals surface area contributed by atoms with E-state index in [9.17, 15) is 0 Å². The number of thioether (sulfide) groups is 1. The highest BCUT2D eigenvalue weighted by atomic mass is 35.5. The lowest BCUT2D eigenvalue weighted by Crippen LogP contribution is -2.45. The lowest BCUT2D eigenvalue weighted by molar-refractivity contribution is 0.539. The van der Waals surface area contributed by atoms with Crippen molar-refractivity contribution in [3.05, 3.63) is 23.5 Å². The van der Waals surface area contributed by atoms with Gasteiger partial charge in [0.25, 0.3) is 5.17 Å². The maximum absolute atomic E-state index is 8.65. The van der Waals surface area contributed by atoms with Crippen LogP contribution >= 0.6 is 23.4 Å². The molecule has 0 spiro atoms. The van der Waals surface area contributed by atoms with Crippen LogP contribution in [0.5, 0.6) is 0 Å². The van der Waals surface area contributed by atoms with Crippen LogP contribution in [0.25, 0.3) is 0 Å². The van der Waals surface area contributed by atoms with E-state index in [2.05, 4.69) is 9.98 Å². The van der Waals surface area contributed by atoms with Gasteiger partial charge in [-0.15, -0.1) is 4.99 Å². The Morgan fingerprint density at radius 3 is 3.06 bits per heavy atom. The van der Waals surface area contributed by atoms with E-state index < -0.39 is 0 Å². The van der Waals surface area contributed by atoms with Crippen LogP contribution in [0.1, 0.15) is 0 Å². The molecule has 2 rings (SSSR count). The molecule has 0 aromatic carbocycles. The smallest absolute Gasteiger partial charge is 0.238 e. The Morgan fingerprint density at radius 1 is 1.62 bits per heavy atom. The average Bonchev–Trinajstić information content (AvgIpc) is 2.63. The molecule has 0 amide bonds. The summed E-state index contributed by atoms with van der Waals surface area (Å²) in [7, 11) is 2.03. The summed E-state index contributed by atoms with van der Waals surface area (Å²) in [5.74, 6) is 0.958. The van der Waals surface area contributed by atoms with Gasteiger partial charge in [0.1, 0.15) is 5.15 Å². The van der Waals surface area contributed by atoms with Gasteiger partial charge < -0.3 is 0 Å². The second-order valence-electron chi connectivity index (χ2n) is 3.60. The molecule has 0 aliphatic carbocycles. The number of nitriles is 1. The molecule has 1 unspecified atom stereocenters. The molecule has 82 valence electrons. The second kappa shape index (κ2) is 4.42. The Kier molecular flexibility index (Phi) is 3.15. The summed E-state index contributed by atoms with van der Waals surface area (Å²) >= 11 is 7.37.